The fourth-order valence-electron chi connectivity index (χ4n) is 4.48. The lowest BCUT2D eigenvalue weighted by atomic mass is 9.98. The number of hydrogen-bond acceptors (Lipinski definition) is 5. The van der Waals surface area contributed by atoms with E-state index in [1.807, 2.05) is 78.9 Å². The highest BCUT2D eigenvalue weighted by Crippen LogP contribution is 2.44. The molecule has 0 aliphatic heterocycles. The summed E-state index contributed by atoms with van der Waals surface area (Å²) in [6.45, 7) is -0.328. The van der Waals surface area contributed by atoms with Crippen molar-refractivity contribution in [2.75, 3.05) is 26.2 Å². The lowest BCUT2D eigenvalue weighted by Crippen LogP contribution is -2.44. The van der Waals surface area contributed by atoms with Gasteiger partial charge in [-0.2, -0.15) is 0 Å². The first-order chi connectivity index (χ1) is 18.4. The molecule has 3 amide bonds. The molecule has 4 rings (SSSR count). The highest BCUT2D eigenvalue weighted by molar-refractivity contribution is 5.87. The van der Waals surface area contributed by atoms with E-state index in [9.17, 15) is 19.2 Å². The van der Waals surface area contributed by atoms with Crippen LogP contribution in [0.15, 0.2) is 78.9 Å². The van der Waals surface area contributed by atoms with Gasteiger partial charge in [-0.3, -0.25) is 14.4 Å². The van der Waals surface area contributed by atoms with Crippen LogP contribution in [-0.2, 0) is 25.7 Å². The maximum Gasteiger partial charge on any atom is 0.407 e. The summed E-state index contributed by atoms with van der Waals surface area (Å²) in [5.74, 6) is -2.11. The summed E-state index contributed by atoms with van der Waals surface area (Å²) in [5.41, 5.74) is 5.24. The predicted molar refractivity (Wildman–Crippen MR) is 140 cm³/mol. The van der Waals surface area contributed by atoms with E-state index in [0.717, 1.165) is 27.8 Å². The van der Waals surface area contributed by atoms with Crippen LogP contribution in [0, 0.1) is 0 Å². The van der Waals surface area contributed by atoms with Crippen LogP contribution in [0.2, 0.25) is 0 Å². The third kappa shape index (κ3) is 6.76. The molecule has 0 saturated carbocycles. The number of carbonyl (C=O) groups excluding carboxylic acids is 3. The highest BCUT2D eigenvalue weighted by Gasteiger charge is 2.29. The van der Waals surface area contributed by atoms with E-state index < -0.39 is 23.9 Å². The number of carboxylic acids is 1. The number of amides is 3. The number of nitrogens with zero attached hydrogens (tertiary/aromatic N) is 1. The lowest BCUT2D eigenvalue weighted by Gasteiger charge is -2.22. The van der Waals surface area contributed by atoms with Crippen LogP contribution >= 0.6 is 0 Å². The molecule has 0 heterocycles. The molecule has 3 N–H and O–H groups in total. The molecule has 0 radical (unpaired) electrons. The third-order valence-corrected chi connectivity index (χ3v) is 6.34. The zero-order valence-corrected chi connectivity index (χ0v) is 20.8. The molecular formula is C29H29N3O6. The van der Waals surface area contributed by atoms with Gasteiger partial charge in [0.2, 0.25) is 11.8 Å². The zero-order chi connectivity index (χ0) is 26.9. The van der Waals surface area contributed by atoms with Crippen molar-refractivity contribution in [3.8, 4) is 11.1 Å². The van der Waals surface area contributed by atoms with Crippen LogP contribution in [0.3, 0.4) is 0 Å². The molecule has 3 aromatic carbocycles. The molecule has 3 aromatic rings. The number of alkyl carbamates (subject to hydrolysis) is 1. The minimum Gasteiger partial charge on any atom is -0.481 e. The van der Waals surface area contributed by atoms with Crippen LogP contribution < -0.4 is 10.6 Å². The Bertz CT molecular complexity index is 1260. The molecule has 9 nitrogen and oxygen atoms in total. The number of fused-ring (bicyclic) bond motifs is 3. The monoisotopic (exact) mass is 515 g/mol. The van der Waals surface area contributed by atoms with E-state index in [4.69, 9.17) is 9.84 Å². The molecule has 196 valence electrons. The van der Waals surface area contributed by atoms with Gasteiger partial charge in [-0.05, 0) is 27.8 Å². The number of benzene rings is 3. The second-order valence-electron chi connectivity index (χ2n) is 8.90. The summed E-state index contributed by atoms with van der Waals surface area (Å²) in [6.07, 6.45) is -0.948. The number of nitrogens with one attached hydrogen (secondary N) is 2. The van der Waals surface area contributed by atoms with Crippen molar-refractivity contribution in [2.45, 2.75) is 18.9 Å². The first kappa shape index (κ1) is 26.4. The molecule has 1 aliphatic rings. The Kier molecular flexibility index (Phi) is 8.71. The quantitative estimate of drug-likeness (QED) is 0.360. The second-order valence-corrected chi connectivity index (χ2v) is 8.90. The van der Waals surface area contributed by atoms with E-state index in [1.54, 1.807) is 0 Å². The zero-order valence-electron chi connectivity index (χ0n) is 20.8. The normalized spacial score (nSPS) is 11.7. The van der Waals surface area contributed by atoms with Gasteiger partial charge in [0.15, 0.2) is 0 Å². The van der Waals surface area contributed by atoms with E-state index >= 15 is 0 Å². The van der Waals surface area contributed by atoms with Crippen LogP contribution in [-0.4, -0.2) is 60.1 Å². The van der Waals surface area contributed by atoms with E-state index in [2.05, 4.69) is 10.6 Å². The van der Waals surface area contributed by atoms with Crippen molar-refractivity contribution in [2.24, 2.45) is 0 Å². The van der Waals surface area contributed by atoms with Crippen molar-refractivity contribution in [1.29, 1.82) is 0 Å². The molecule has 0 atom stereocenters. The molecule has 0 saturated heterocycles. The van der Waals surface area contributed by atoms with Crippen LogP contribution in [0.5, 0.6) is 0 Å². The standard InChI is InChI=1S/C29H29N3O6/c33-26(30-17-27(34)32(15-14-28(35)36)18-20-8-2-1-3-9-20)16-31-29(37)38-19-25-23-12-6-4-10-21(23)22-11-5-7-13-24(22)25/h1-13,25H,14-19H2,(H,30,33)(H,31,37)(H,35,36). The summed E-state index contributed by atoms with van der Waals surface area (Å²) in [5, 5.41) is 13.9. The van der Waals surface area contributed by atoms with Crippen molar-refractivity contribution in [3.05, 3.63) is 95.6 Å². The van der Waals surface area contributed by atoms with Gasteiger partial charge in [-0.15, -0.1) is 0 Å². The Hall–Kier alpha value is -4.66. The molecule has 9 heteroatoms. The summed E-state index contributed by atoms with van der Waals surface area (Å²) >= 11 is 0. The number of aliphatic carboxylic acids is 1. The largest absolute Gasteiger partial charge is 0.481 e. The first-order valence-electron chi connectivity index (χ1n) is 12.3. The van der Waals surface area contributed by atoms with Crippen molar-refractivity contribution < 1.29 is 29.0 Å². The van der Waals surface area contributed by atoms with Gasteiger partial charge >= 0.3 is 12.1 Å². The van der Waals surface area contributed by atoms with Gasteiger partial charge in [-0.1, -0.05) is 78.9 Å². The Morgan fingerprint density at radius 2 is 1.39 bits per heavy atom. The number of carboxylic acid groups (broad SMARTS) is 1. The van der Waals surface area contributed by atoms with Crippen molar-refractivity contribution in [1.82, 2.24) is 15.5 Å². The van der Waals surface area contributed by atoms with Crippen molar-refractivity contribution in [3.63, 3.8) is 0 Å². The summed E-state index contributed by atoms with van der Waals surface area (Å²) in [7, 11) is 0. The minimum absolute atomic E-state index is 0.0108. The minimum atomic E-state index is -1.02. The summed E-state index contributed by atoms with van der Waals surface area (Å²) in [6, 6.07) is 25.1. The first-order valence-corrected chi connectivity index (χ1v) is 12.3. The Balaban J connectivity index is 1.23. The SMILES string of the molecule is O=C(O)CCN(Cc1ccccc1)C(=O)CNC(=O)CNC(=O)OCC1c2ccccc2-c2ccccc21. The summed E-state index contributed by atoms with van der Waals surface area (Å²) < 4.78 is 5.41. The van der Waals surface area contributed by atoms with E-state index in [-0.39, 0.29) is 45.1 Å². The van der Waals surface area contributed by atoms with Crippen LogP contribution in [0.25, 0.3) is 11.1 Å². The van der Waals surface area contributed by atoms with E-state index in [1.165, 1.54) is 4.90 Å². The molecular weight excluding hydrogens is 486 g/mol. The molecule has 0 unspecified atom stereocenters. The Labute approximate surface area is 220 Å². The van der Waals surface area contributed by atoms with Gasteiger partial charge in [0.25, 0.3) is 0 Å². The maximum absolute atomic E-state index is 12.7. The third-order valence-electron chi connectivity index (χ3n) is 6.34. The average molecular weight is 516 g/mol. The second kappa shape index (κ2) is 12.5. The molecule has 1 aliphatic carbocycles. The van der Waals surface area contributed by atoms with Crippen LogP contribution in [0.1, 0.15) is 29.0 Å². The fourth-order valence-corrected chi connectivity index (χ4v) is 4.48. The predicted octanol–water partition coefficient (Wildman–Crippen LogP) is 3.14. The molecule has 0 fully saturated rings. The molecule has 0 spiro atoms. The van der Waals surface area contributed by atoms with Crippen LogP contribution in [0.4, 0.5) is 4.79 Å². The highest BCUT2D eigenvalue weighted by atomic mass is 16.5. The van der Waals surface area contributed by atoms with Gasteiger partial charge in [0.1, 0.15) is 13.2 Å². The van der Waals surface area contributed by atoms with Gasteiger partial charge in [-0.25, -0.2) is 4.79 Å². The molecule has 0 bridgehead atoms. The van der Waals surface area contributed by atoms with Gasteiger partial charge < -0.3 is 25.4 Å². The number of carbonyl (C=O) groups is 4. The summed E-state index contributed by atoms with van der Waals surface area (Å²) in [4.78, 5) is 49.6. The average Bonchev–Trinajstić information content (AvgIpc) is 3.25. The number of ether oxygens (including phenoxy) is 1. The van der Waals surface area contributed by atoms with E-state index in [0.29, 0.717) is 0 Å². The van der Waals surface area contributed by atoms with Gasteiger partial charge in [0, 0.05) is 19.0 Å². The van der Waals surface area contributed by atoms with Crippen molar-refractivity contribution >= 4 is 23.9 Å². The maximum atomic E-state index is 12.7. The molecule has 0 aromatic heterocycles. The topological polar surface area (TPSA) is 125 Å². The number of hydrogen-bond donors (Lipinski definition) is 3. The molecule has 38 heavy (non-hydrogen) atoms. The lowest BCUT2D eigenvalue weighted by molar-refractivity contribution is -0.139. The Morgan fingerprint density at radius 1 is 0.789 bits per heavy atom. The van der Waals surface area contributed by atoms with Gasteiger partial charge in [0.05, 0.1) is 13.0 Å². The smallest absolute Gasteiger partial charge is 0.407 e. The fraction of sp³-hybridized carbons (Fsp3) is 0.241. The number of rotatable bonds is 11. The Morgan fingerprint density at radius 3 is 2.03 bits per heavy atom.